The number of hydrogen-bond donors (Lipinski definition) is 1. The number of nitriles is 1. The molecule has 1 unspecified atom stereocenters. The van der Waals surface area contributed by atoms with E-state index in [1.54, 1.807) is 12.1 Å². The minimum absolute atomic E-state index is 0.386. The quantitative estimate of drug-likeness (QED) is 0.770. The summed E-state index contributed by atoms with van der Waals surface area (Å²) in [7, 11) is 0. The lowest BCUT2D eigenvalue weighted by molar-refractivity contribution is 0.524. The summed E-state index contributed by atoms with van der Waals surface area (Å²) < 4.78 is 6.74. The fourth-order valence-electron chi connectivity index (χ4n) is 2.17. The van der Waals surface area contributed by atoms with E-state index in [0.717, 1.165) is 21.0 Å². The number of fused-ring (bicyclic) bond motifs is 1. The van der Waals surface area contributed by atoms with Gasteiger partial charge in [-0.25, -0.2) is 0 Å². The van der Waals surface area contributed by atoms with Crippen molar-refractivity contribution in [2.24, 2.45) is 5.73 Å². The van der Waals surface area contributed by atoms with E-state index in [9.17, 15) is 0 Å². The van der Waals surface area contributed by atoms with Crippen LogP contribution in [0.25, 0.3) is 11.0 Å². The average molecular weight is 327 g/mol. The van der Waals surface area contributed by atoms with Crippen molar-refractivity contribution in [3.63, 3.8) is 0 Å². The predicted octanol–water partition coefficient (Wildman–Crippen LogP) is 4.12. The van der Waals surface area contributed by atoms with Crippen LogP contribution >= 0.6 is 15.9 Å². The smallest absolute Gasteiger partial charge is 0.148 e. The standard InChI is InChI=1S/C16H11BrN2O/c17-13-6-2-5-12-8-14(20-16(12)13)15(19)11-4-1-3-10(7-11)9-18/h1-8,15H,19H2. The van der Waals surface area contributed by atoms with E-state index in [-0.39, 0.29) is 6.04 Å². The molecule has 20 heavy (non-hydrogen) atoms. The number of nitrogens with two attached hydrogens (primary N) is 1. The zero-order valence-electron chi connectivity index (χ0n) is 10.5. The first kappa shape index (κ1) is 12.9. The van der Waals surface area contributed by atoms with Gasteiger partial charge >= 0.3 is 0 Å². The molecular formula is C16H11BrN2O. The van der Waals surface area contributed by atoms with E-state index in [1.807, 2.05) is 36.4 Å². The number of hydrogen-bond acceptors (Lipinski definition) is 3. The molecular weight excluding hydrogens is 316 g/mol. The second-order valence-corrected chi connectivity index (χ2v) is 5.38. The van der Waals surface area contributed by atoms with Crippen molar-refractivity contribution in [2.75, 3.05) is 0 Å². The first-order valence-corrected chi connectivity index (χ1v) is 6.92. The Morgan fingerprint density at radius 2 is 1.95 bits per heavy atom. The maximum absolute atomic E-state index is 8.94. The molecule has 1 heterocycles. The lowest BCUT2D eigenvalue weighted by Gasteiger charge is -2.08. The molecule has 1 atom stereocenters. The highest BCUT2D eigenvalue weighted by atomic mass is 79.9. The molecule has 0 aliphatic heterocycles. The van der Waals surface area contributed by atoms with E-state index in [4.69, 9.17) is 15.4 Å². The van der Waals surface area contributed by atoms with Crippen LogP contribution in [-0.2, 0) is 0 Å². The third-order valence-corrected chi connectivity index (χ3v) is 3.82. The van der Waals surface area contributed by atoms with Gasteiger partial charge in [0.05, 0.1) is 22.1 Å². The number of nitrogens with zero attached hydrogens (tertiary/aromatic N) is 1. The molecule has 2 N–H and O–H groups in total. The predicted molar refractivity (Wildman–Crippen MR) is 81.1 cm³/mol. The number of para-hydroxylation sites is 1. The summed E-state index contributed by atoms with van der Waals surface area (Å²) in [6.45, 7) is 0. The number of halogens is 1. The second-order valence-electron chi connectivity index (χ2n) is 4.52. The Bertz CT molecular complexity index is 817. The molecule has 3 aromatic rings. The molecule has 1 aromatic heterocycles. The van der Waals surface area contributed by atoms with Crippen LogP contribution in [-0.4, -0.2) is 0 Å². The minimum atomic E-state index is -0.386. The van der Waals surface area contributed by atoms with Gasteiger partial charge < -0.3 is 10.2 Å². The Morgan fingerprint density at radius 3 is 2.70 bits per heavy atom. The summed E-state index contributed by atoms with van der Waals surface area (Å²) in [5, 5.41) is 9.95. The van der Waals surface area contributed by atoms with Gasteiger partial charge in [-0.15, -0.1) is 0 Å². The molecule has 2 aromatic carbocycles. The molecule has 0 bridgehead atoms. The van der Waals surface area contributed by atoms with Gasteiger partial charge in [0.2, 0.25) is 0 Å². The van der Waals surface area contributed by atoms with Crippen molar-refractivity contribution in [3.8, 4) is 6.07 Å². The van der Waals surface area contributed by atoms with Crippen LogP contribution in [0.2, 0.25) is 0 Å². The molecule has 0 aliphatic carbocycles. The highest BCUT2D eigenvalue weighted by Crippen LogP contribution is 2.31. The molecule has 3 rings (SSSR count). The number of rotatable bonds is 2. The summed E-state index contributed by atoms with van der Waals surface area (Å²) in [4.78, 5) is 0. The van der Waals surface area contributed by atoms with Gasteiger partial charge in [0.25, 0.3) is 0 Å². The van der Waals surface area contributed by atoms with Crippen LogP contribution in [0.4, 0.5) is 0 Å². The fourth-order valence-corrected chi connectivity index (χ4v) is 2.63. The van der Waals surface area contributed by atoms with E-state index in [2.05, 4.69) is 22.0 Å². The van der Waals surface area contributed by atoms with Crippen molar-refractivity contribution in [3.05, 3.63) is 69.9 Å². The van der Waals surface area contributed by atoms with Gasteiger partial charge in [0, 0.05) is 5.39 Å². The molecule has 98 valence electrons. The summed E-state index contributed by atoms with van der Waals surface area (Å²) in [5.74, 6) is 0.682. The molecule has 0 amide bonds. The van der Waals surface area contributed by atoms with Crippen molar-refractivity contribution in [1.29, 1.82) is 5.26 Å². The van der Waals surface area contributed by atoms with Crippen molar-refractivity contribution in [1.82, 2.24) is 0 Å². The van der Waals surface area contributed by atoms with Crippen LogP contribution in [0.15, 0.2) is 57.4 Å². The Labute approximate surface area is 124 Å². The molecule has 3 nitrogen and oxygen atoms in total. The van der Waals surface area contributed by atoms with Gasteiger partial charge in [-0.2, -0.15) is 5.26 Å². The summed E-state index contributed by atoms with van der Waals surface area (Å²) >= 11 is 3.46. The number of furan rings is 1. The third-order valence-electron chi connectivity index (χ3n) is 3.20. The number of benzene rings is 2. The van der Waals surface area contributed by atoms with Crippen LogP contribution < -0.4 is 5.73 Å². The molecule has 0 saturated heterocycles. The van der Waals surface area contributed by atoms with Crippen molar-refractivity contribution < 1.29 is 4.42 Å². The first-order chi connectivity index (χ1) is 9.69. The second kappa shape index (κ2) is 5.12. The molecule has 0 fully saturated rings. The zero-order valence-corrected chi connectivity index (χ0v) is 12.1. The lowest BCUT2D eigenvalue weighted by atomic mass is 10.0. The molecule has 0 aliphatic rings. The van der Waals surface area contributed by atoms with Crippen molar-refractivity contribution >= 4 is 26.9 Å². The topological polar surface area (TPSA) is 63.0 Å². The van der Waals surface area contributed by atoms with E-state index in [1.165, 1.54) is 0 Å². The summed E-state index contributed by atoms with van der Waals surface area (Å²) in [5.41, 5.74) is 8.48. The molecule has 0 spiro atoms. The zero-order chi connectivity index (χ0) is 14.1. The van der Waals surface area contributed by atoms with Gasteiger partial charge in [-0.3, -0.25) is 0 Å². The van der Waals surface area contributed by atoms with E-state index in [0.29, 0.717) is 11.3 Å². The Kier molecular flexibility index (Phi) is 3.31. The maximum atomic E-state index is 8.94. The molecule has 4 heteroatoms. The summed E-state index contributed by atoms with van der Waals surface area (Å²) in [6, 6.07) is 16.8. The van der Waals surface area contributed by atoms with Gasteiger partial charge in [-0.1, -0.05) is 24.3 Å². The van der Waals surface area contributed by atoms with E-state index < -0.39 is 0 Å². The van der Waals surface area contributed by atoms with Crippen LogP contribution in [0.1, 0.15) is 22.9 Å². The van der Waals surface area contributed by atoms with Crippen molar-refractivity contribution in [2.45, 2.75) is 6.04 Å². The highest BCUT2D eigenvalue weighted by molar-refractivity contribution is 9.10. The molecule has 0 saturated carbocycles. The Morgan fingerprint density at radius 1 is 1.15 bits per heavy atom. The van der Waals surface area contributed by atoms with E-state index >= 15 is 0 Å². The Hall–Kier alpha value is -2.09. The van der Waals surface area contributed by atoms with Gasteiger partial charge in [0.1, 0.15) is 11.3 Å². The van der Waals surface area contributed by atoms with Crippen LogP contribution in [0.3, 0.4) is 0 Å². The third kappa shape index (κ3) is 2.22. The van der Waals surface area contributed by atoms with Gasteiger partial charge in [-0.05, 0) is 45.8 Å². The van der Waals surface area contributed by atoms with Crippen LogP contribution in [0.5, 0.6) is 0 Å². The SMILES string of the molecule is N#Cc1cccc(C(N)c2cc3cccc(Br)c3o2)c1. The Balaban J connectivity index is 2.06. The largest absolute Gasteiger partial charge is 0.458 e. The van der Waals surface area contributed by atoms with Crippen LogP contribution in [0, 0.1) is 11.3 Å². The normalized spacial score (nSPS) is 12.2. The summed E-state index contributed by atoms with van der Waals surface area (Å²) in [6.07, 6.45) is 0. The molecule has 0 radical (unpaired) electrons. The highest BCUT2D eigenvalue weighted by Gasteiger charge is 2.15. The first-order valence-electron chi connectivity index (χ1n) is 6.12. The monoisotopic (exact) mass is 326 g/mol. The average Bonchev–Trinajstić information content (AvgIpc) is 2.92. The maximum Gasteiger partial charge on any atom is 0.148 e. The minimum Gasteiger partial charge on any atom is -0.458 e. The lowest BCUT2D eigenvalue weighted by Crippen LogP contribution is -2.10. The fraction of sp³-hybridized carbons (Fsp3) is 0.0625. The van der Waals surface area contributed by atoms with Gasteiger partial charge in [0.15, 0.2) is 0 Å².